The Balaban J connectivity index is 3.26. The molecule has 3 nitrogen and oxygen atoms in total. The molecule has 1 aromatic carbocycles. The second kappa shape index (κ2) is 3.33. The maximum atomic E-state index is 13.0. The smallest absolute Gasteiger partial charge is 0.175 e. The Morgan fingerprint density at radius 1 is 1.38 bits per heavy atom. The van der Waals surface area contributed by atoms with Gasteiger partial charge in [-0.25, -0.2) is 12.8 Å². The molecule has 0 radical (unpaired) electrons. The van der Waals surface area contributed by atoms with Crippen molar-refractivity contribution in [2.45, 2.75) is 4.90 Å². The Bertz CT molecular complexity index is 411. The van der Waals surface area contributed by atoms with Gasteiger partial charge in [-0.1, -0.05) is 0 Å². The first-order valence-corrected chi connectivity index (χ1v) is 5.38. The van der Waals surface area contributed by atoms with E-state index in [9.17, 15) is 12.8 Å². The van der Waals surface area contributed by atoms with Crippen molar-refractivity contribution in [2.24, 2.45) is 0 Å². The quantitative estimate of drug-likeness (QED) is 0.727. The van der Waals surface area contributed by atoms with Gasteiger partial charge >= 0.3 is 0 Å². The van der Waals surface area contributed by atoms with E-state index in [0.29, 0.717) is 0 Å². The standard InChI is InChI=1S/C8H9FO3S/c1-12-8-4-3-6(5-7(8)9)13(2,10)11/h3-5H,1-2H3. The highest BCUT2D eigenvalue weighted by Gasteiger charge is 2.10. The molecule has 0 aliphatic heterocycles. The lowest BCUT2D eigenvalue weighted by molar-refractivity contribution is 0.385. The third-order valence-electron chi connectivity index (χ3n) is 1.55. The normalized spacial score (nSPS) is 11.3. The summed E-state index contributed by atoms with van der Waals surface area (Å²) in [5.41, 5.74) is 0. The van der Waals surface area contributed by atoms with Crippen molar-refractivity contribution in [1.29, 1.82) is 0 Å². The Morgan fingerprint density at radius 2 is 2.00 bits per heavy atom. The topological polar surface area (TPSA) is 43.4 Å². The predicted octanol–water partition coefficient (Wildman–Crippen LogP) is 1.24. The van der Waals surface area contributed by atoms with E-state index in [0.717, 1.165) is 12.3 Å². The van der Waals surface area contributed by atoms with Crippen LogP contribution in [-0.2, 0) is 9.84 Å². The van der Waals surface area contributed by atoms with Crippen molar-refractivity contribution >= 4 is 9.84 Å². The molecular weight excluding hydrogens is 195 g/mol. The summed E-state index contributed by atoms with van der Waals surface area (Å²) in [4.78, 5) is -0.0502. The second-order valence-corrected chi connectivity index (χ2v) is 4.58. The zero-order chi connectivity index (χ0) is 10.1. The van der Waals surface area contributed by atoms with Gasteiger partial charge in [0.15, 0.2) is 21.4 Å². The van der Waals surface area contributed by atoms with Gasteiger partial charge in [-0.15, -0.1) is 0 Å². The second-order valence-electron chi connectivity index (χ2n) is 2.57. The summed E-state index contributed by atoms with van der Waals surface area (Å²) in [6.45, 7) is 0. The highest BCUT2D eigenvalue weighted by atomic mass is 32.2. The van der Waals surface area contributed by atoms with Gasteiger partial charge in [0.05, 0.1) is 12.0 Å². The lowest BCUT2D eigenvalue weighted by Crippen LogP contribution is -1.98. The van der Waals surface area contributed by atoms with Crippen LogP contribution < -0.4 is 4.74 Å². The van der Waals surface area contributed by atoms with Crippen molar-refractivity contribution in [3.05, 3.63) is 24.0 Å². The minimum Gasteiger partial charge on any atom is -0.494 e. The molecular formula is C8H9FO3S. The van der Waals surface area contributed by atoms with Crippen molar-refractivity contribution in [3.63, 3.8) is 0 Å². The van der Waals surface area contributed by atoms with Crippen LogP contribution in [0.25, 0.3) is 0 Å². The van der Waals surface area contributed by atoms with Gasteiger partial charge in [0.2, 0.25) is 0 Å². The van der Waals surface area contributed by atoms with E-state index in [1.807, 2.05) is 0 Å². The number of halogens is 1. The highest BCUT2D eigenvalue weighted by molar-refractivity contribution is 7.90. The SMILES string of the molecule is COc1ccc(S(C)(=O)=O)cc1F. The molecule has 0 aromatic heterocycles. The van der Waals surface area contributed by atoms with Crippen LogP contribution in [0.2, 0.25) is 0 Å². The van der Waals surface area contributed by atoms with Crippen LogP contribution in [0.15, 0.2) is 23.1 Å². The van der Waals surface area contributed by atoms with Crippen LogP contribution >= 0.6 is 0 Å². The molecule has 0 aliphatic rings. The number of methoxy groups -OCH3 is 1. The summed E-state index contributed by atoms with van der Waals surface area (Å²) in [5, 5.41) is 0. The zero-order valence-corrected chi connectivity index (χ0v) is 8.06. The molecule has 0 saturated carbocycles. The van der Waals surface area contributed by atoms with Gasteiger partial charge in [-0.3, -0.25) is 0 Å². The van der Waals surface area contributed by atoms with Crippen molar-refractivity contribution < 1.29 is 17.5 Å². The lowest BCUT2D eigenvalue weighted by Gasteiger charge is -2.02. The summed E-state index contributed by atoms with van der Waals surface area (Å²) in [6, 6.07) is 3.52. The minimum absolute atomic E-state index is 0.0346. The van der Waals surface area contributed by atoms with Crippen LogP contribution in [0.1, 0.15) is 0 Å². The number of hydrogen-bond acceptors (Lipinski definition) is 3. The first-order valence-electron chi connectivity index (χ1n) is 3.49. The van der Waals surface area contributed by atoms with Gasteiger partial charge in [0.1, 0.15) is 0 Å². The van der Waals surface area contributed by atoms with Gasteiger partial charge in [-0.2, -0.15) is 0 Å². The van der Waals surface area contributed by atoms with Crippen LogP contribution in [0.5, 0.6) is 5.75 Å². The molecule has 5 heteroatoms. The van der Waals surface area contributed by atoms with E-state index < -0.39 is 15.7 Å². The number of rotatable bonds is 2. The average molecular weight is 204 g/mol. The van der Waals surface area contributed by atoms with E-state index in [-0.39, 0.29) is 10.6 Å². The molecule has 1 aromatic rings. The van der Waals surface area contributed by atoms with E-state index in [1.165, 1.54) is 19.2 Å². The first-order chi connectivity index (χ1) is 5.95. The molecule has 0 bridgehead atoms. The summed E-state index contributed by atoms with van der Waals surface area (Å²) < 4.78 is 39.6. The van der Waals surface area contributed by atoms with E-state index in [4.69, 9.17) is 0 Å². The van der Waals surface area contributed by atoms with Crippen LogP contribution in [0.4, 0.5) is 4.39 Å². The maximum absolute atomic E-state index is 13.0. The lowest BCUT2D eigenvalue weighted by atomic mass is 10.3. The molecule has 0 atom stereocenters. The summed E-state index contributed by atoms with van der Waals surface area (Å²) >= 11 is 0. The van der Waals surface area contributed by atoms with E-state index in [1.54, 1.807) is 0 Å². The molecule has 0 N–H and O–H groups in total. The first kappa shape index (κ1) is 9.98. The molecule has 0 unspecified atom stereocenters. The van der Waals surface area contributed by atoms with Crippen LogP contribution in [-0.4, -0.2) is 21.8 Å². The predicted molar refractivity (Wildman–Crippen MR) is 46.1 cm³/mol. The molecule has 0 amide bonds. The fraction of sp³-hybridized carbons (Fsp3) is 0.250. The molecule has 0 saturated heterocycles. The minimum atomic E-state index is -3.35. The average Bonchev–Trinajstić information content (AvgIpc) is 2.02. The Morgan fingerprint density at radius 3 is 2.38 bits per heavy atom. The maximum Gasteiger partial charge on any atom is 0.175 e. The third-order valence-corrected chi connectivity index (χ3v) is 2.66. The summed E-state index contributed by atoms with van der Waals surface area (Å²) in [6.07, 6.45) is 1.02. The van der Waals surface area contributed by atoms with Crippen molar-refractivity contribution in [2.75, 3.05) is 13.4 Å². The van der Waals surface area contributed by atoms with Crippen LogP contribution in [0.3, 0.4) is 0 Å². The van der Waals surface area contributed by atoms with Gasteiger partial charge < -0.3 is 4.74 Å². The zero-order valence-electron chi connectivity index (χ0n) is 7.24. The molecule has 0 spiro atoms. The molecule has 72 valence electrons. The number of ether oxygens (including phenoxy) is 1. The van der Waals surface area contributed by atoms with Gasteiger partial charge in [-0.05, 0) is 18.2 Å². The Labute approximate surface area is 76.1 Å². The summed E-state index contributed by atoms with van der Waals surface area (Å²) in [7, 11) is -2.03. The molecule has 0 heterocycles. The van der Waals surface area contributed by atoms with Gasteiger partial charge in [0, 0.05) is 6.26 Å². The van der Waals surface area contributed by atoms with E-state index in [2.05, 4.69) is 4.74 Å². The Kier molecular flexibility index (Phi) is 2.56. The van der Waals surface area contributed by atoms with Crippen molar-refractivity contribution in [1.82, 2.24) is 0 Å². The Hall–Kier alpha value is -1.10. The highest BCUT2D eigenvalue weighted by Crippen LogP contribution is 2.20. The fourth-order valence-electron chi connectivity index (χ4n) is 0.878. The van der Waals surface area contributed by atoms with Crippen molar-refractivity contribution in [3.8, 4) is 5.75 Å². The van der Waals surface area contributed by atoms with Gasteiger partial charge in [0.25, 0.3) is 0 Å². The monoisotopic (exact) mass is 204 g/mol. The number of hydrogen-bond donors (Lipinski definition) is 0. The van der Waals surface area contributed by atoms with E-state index >= 15 is 0 Å². The third kappa shape index (κ3) is 2.18. The number of benzene rings is 1. The fourth-order valence-corrected chi connectivity index (χ4v) is 1.51. The largest absolute Gasteiger partial charge is 0.494 e. The molecule has 1 rings (SSSR count). The van der Waals surface area contributed by atoms with Crippen LogP contribution in [0, 0.1) is 5.82 Å². The molecule has 13 heavy (non-hydrogen) atoms. The molecule has 0 aliphatic carbocycles. The molecule has 0 fully saturated rings. The number of sulfone groups is 1. The summed E-state index contributed by atoms with van der Waals surface area (Å²) in [5.74, 6) is -0.641.